The molecule has 2 aliphatic heterocycles. The highest BCUT2D eigenvalue weighted by Gasteiger charge is 2.44. The van der Waals surface area contributed by atoms with Gasteiger partial charge in [-0.2, -0.15) is 0 Å². The Kier molecular flexibility index (Phi) is 14.4. The van der Waals surface area contributed by atoms with Crippen molar-refractivity contribution in [1.29, 1.82) is 0 Å². The number of nitrogens with zero attached hydrogens (tertiary/aromatic N) is 6. The number of aromatic nitrogens is 2. The normalized spacial score (nSPS) is 19.9. The number of halogens is 3. The van der Waals surface area contributed by atoms with Crippen LogP contribution in [-0.4, -0.2) is 87.0 Å². The molecule has 0 amide bonds. The molecule has 3 heterocycles. The van der Waals surface area contributed by atoms with Crippen molar-refractivity contribution in [3.05, 3.63) is 107 Å². The summed E-state index contributed by atoms with van der Waals surface area (Å²) in [6.07, 6.45) is 7.19. The summed E-state index contributed by atoms with van der Waals surface area (Å²) in [6, 6.07) is 19.6. The summed E-state index contributed by atoms with van der Waals surface area (Å²) in [5.74, 6) is -0.437. The fraction of sp³-hybridized carbons (Fsp3) is 0.452. The van der Waals surface area contributed by atoms with Gasteiger partial charge in [-0.3, -0.25) is 14.1 Å². The Hall–Kier alpha value is -4.76. The van der Waals surface area contributed by atoms with Crippen LogP contribution in [0.1, 0.15) is 45.2 Å². The van der Waals surface area contributed by atoms with Crippen molar-refractivity contribution in [3.8, 4) is 11.4 Å². The number of piperazine rings is 1. The SMILES string of the molecule is CC(C)C(C(C)OCCCNCl)n1ccn(-c2ccc(N3CCN(c4ccc(OCC5COC(CN=CN=CN)(c6ccc(F)cc6F)C5)cc4)CC3)cc2)c1=O. The predicted molar refractivity (Wildman–Crippen MR) is 222 cm³/mol. The molecule has 3 N–H and O–H groups in total. The van der Waals surface area contributed by atoms with E-state index in [0.29, 0.717) is 32.8 Å². The maximum Gasteiger partial charge on any atom is 0.333 e. The lowest BCUT2D eigenvalue weighted by molar-refractivity contribution is 0.00415. The highest BCUT2D eigenvalue weighted by atomic mass is 35.5. The van der Waals surface area contributed by atoms with Crippen molar-refractivity contribution in [2.24, 2.45) is 27.6 Å². The molecule has 0 saturated carbocycles. The molecule has 4 aromatic rings. The summed E-state index contributed by atoms with van der Waals surface area (Å²) >= 11 is 5.57. The van der Waals surface area contributed by atoms with E-state index >= 15 is 0 Å². The lowest BCUT2D eigenvalue weighted by atomic mass is 9.87. The maximum absolute atomic E-state index is 14.9. The van der Waals surface area contributed by atoms with E-state index in [2.05, 4.69) is 62.7 Å². The van der Waals surface area contributed by atoms with Crippen molar-refractivity contribution in [2.75, 3.05) is 68.9 Å². The molecule has 1 aromatic heterocycles. The highest BCUT2D eigenvalue weighted by molar-refractivity contribution is 6.13. The van der Waals surface area contributed by atoms with Crippen LogP contribution in [0.15, 0.2) is 93.9 Å². The van der Waals surface area contributed by atoms with Crippen LogP contribution in [0.3, 0.4) is 0 Å². The smallest absolute Gasteiger partial charge is 0.333 e. The van der Waals surface area contributed by atoms with Gasteiger partial charge in [0, 0.05) is 80.6 Å². The van der Waals surface area contributed by atoms with E-state index in [0.717, 1.165) is 67.8 Å². The van der Waals surface area contributed by atoms with Crippen molar-refractivity contribution >= 4 is 35.8 Å². The Balaban J connectivity index is 1.00. The minimum atomic E-state index is -1.07. The number of benzene rings is 3. The average Bonchev–Trinajstić information content (AvgIpc) is 3.81. The third-order valence-electron chi connectivity index (χ3n) is 10.8. The number of rotatable bonds is 18. The number of nitrogens with two attached hydrogens (primary N) is 1. The second-order valence-electron chi connectivity index (χ2n) is 15.0. The topological polar surface area (TPSA) is 124 Å². The average molecular weight is 807 g/mol. The molecule has 0 bridgehead atoms. The minimum Gasteiger partial charge on any atom is -0.493 e. The molecule has 6 rings (SSSR count). The molecule has 0 spiro atoms. The zero-order valence-electron chi connectivity index (χ0n) is 32.8. The number of imidazole rings is 1. The van der Waals surface area contributed by atoms with E-state index in [1.807, 2.05) is 43.6 Å². The number of aliphatic imine (C=N–C) groups is 2. The van der Waals surface area contributed by atoms with Gasteiger partial charge >= 0.3 is 5.69 Å². The van der Waals surface area contributed by atoms with Gasteiger partial charge in [0.15, 0.2) is 0 Å². The molecule has 3 aromatic carbocycles. The first-order chi connectivity index (χ1) is 27.6. The predicted octanol–water partition coefficient (Wildman–Crippen LogP) is 6.31. The third kappa shape index (κ3) is 10.2. The van der Waals surface area contributed by atoms with Gasteiger partial charge < -0.3 is 29.7 Å². The Bertz CT molecular complexity index is 2000. The second-order valence-corrected chi connectivity index (χ2v) is 15.2. The van der Waals surface area contributed by atoms with Crippen molar-refractivity contribution < 1.29 is 23.0 Å². The minimum absolute atomic E-state index is 0.0348. The second kappa shape index (κ2) is 19.6. The Morgan fingerprint density at radius 3 is 2.28 bits per heavy atom. The molecule has 12 nitrogen and oxygen atoms in total. The number of nitrogens with one attached hydrogen (secondary N) is 1. The highest BCUT2D eigenvalue weighted by Crippen LogP contribution is 2.41. The number of hydrogen-bond acceptors (Lipinski definition) is 8. The molecule has 2 aliphatic rings. The Labute approximate surface area is 338 Å². The van der Waals surface area contributed by atoms with Gasteiger partial charge in [-0.25, -0.2) is 23.4 Å². The first kappa shape index (κ1) is 41.9. The Morgan fingerprint density at radius 1 is 0.982 bits per heavy atom. The number of anilines is 2. The van der Waals surface area contributed by atoms with Gasteiger partial charge in [-0.1, -0.05) is 19.9 Å². The summed E-state index contributed by atoms with van der Waals surface area (Å²) in [7, 11) is 0. The summed E-state index contributed by atoms with van der Waals surface area (Å²) in [6.45, 7) is 11.7. The van der Waals surface area contributed by atoms with Gasteiger partial charge in [0.2, 0.25) is 0 Å². The number of ether oxygens (including phenoxy) is 3. The summed E-state index contributed by atoms with van der Waals surface area (Å²) < 4.78 is 50.5. The van der Waals surface area contributed by atoms with E-state index in [1.54, 1.807) is 9.13 Å². The standard InChI is InChI=1S/C42H53ClF2N8O4/c1-30(2)40(31(3)55-22-4-15-49-43)53-21-20-52(41(53)54)36-8-6-34(7-9-36)50-16-18-51(19-17-50)35-10-12-37(13-11-35)56-25-32-24-42(57-26-32,27-47-29-48-28-46)38-14-5-33(44)23-39(38)45/h5-14,20-21,23,28-32,40,49H,4,15-19,22,24-27H2,1-3H3,(H2,46,47,48). The molecule has 15 heteroatoms. The summed E-state index contributed by atoms with van der Waals surface area (Å²) in [5.41, 5.74) is 7.44. The monoisotopic (exact) mass is 806 g/mol. The van der Waals surface area contributed by atoms with Crippen LogP contribution >= 0.6 is 11.8 Å². The molecule has 2 saturated heterocycles. The maximum atomic E-state index is 14.9. The molecule has 4 unspecified atom stereocenters. The van der Waals surface area contributed by atoms with Crippen LogP contribution in [-0.2, 0) is 15.1 Å². The van der Waals surface area contributed by atoms with Gasteiger partial charge in [0.1, 0.15) is 29.3 Å². The van der Waals surface area contributed by atoms with Crippen molar-refractivity contribution in [2.45, 2.75) is 51.4 Å². The van der Waals surface area contributed by atoms with E-state index in [4.69, 9.17) is 31.7 Å². The molecular formula is C42H53ClF2N8O4. The van der Waals surface area contributed by atoms with E-state index in [1.165, 1.54) is 18.5 Å². The molecule has 0 aliphatic carbocycles. The van der Waals surface area contributed by atoms with Gasteiger partial charge in [0.25, 0.3) is 0 Å². The van der Waals surface area contributed by atoms with Crippen LogP contribution in [0, 0.1) is 23.5 Å². The molecule has 0 radical (unpaired) electrons. The van der Waals surface area contributed by atoms with Crippen molar-refractivity contribution in [3.63, 3.8) is 0 Å². The van der Waals surface area contributed by atoms with E-state index in [9.17, 15) is 13.6 Å². The van der Waals surface area contributed by atoms with Crippen molar-refractivity contribution in [1.82, 2.24) is 14.0 Å². The van der Waals surface area contributed by atoms with Crippen LogP contribution in [0.4, 0.5) is 20.2 Å². The first-order valence-corrected chi connectivity index (χ1v) is 19.9. The summed E-state index contributed by atoms with van der Waals surface area (Å²) in [4.78, 5) is 29.0. The van der Waals surface area contributed by atoms with Gasteiger partial charge in [-0.15, -0.1) is 0 Å². The molecule has 2 fully saturated rings. The van der Waals surface area contributed by atoms with Crippen LogP contribution in [0.2, 0.25) is 0 Å². The zero-order chi connectivity index (χ0) is 40.4. The molecule has 57 heavy (non-hydrogen) atoms. The number of hydrogen-bond donors (Lipinski definition) is 2. The first-order valence-electron chi connectivity index (χ1n) is 19.5. The lowest BCUT2D eigenvalue weighted by Gasteiger charge is -2.37. The fourth-order valence-electron chi connectivity index (χ4n) is 7.91. The van der Waals surface area contributed by atoms with Crippen LogP contribution in [0.25, 0.3) is 5.69 Å². The molecule has 306 valence electrons. The van der Waals surface area contributed by atoms with E-state index in [-0.39, 0.29) is 41.8 Å². The largest absolute Gasteiger partial charge is 0.493 e. The zero-order valence-corrected chi connectivity index (χ0v) is 33.5. The van der Waals surface area contributed by atoms with Crippen LogP contribution < -0.4 is 30.8 Å². The quantitative estimate of drug-likeness (QED) is 0.0520. The molecular weight excluding hydrogens is 754 g/mol. The fourth-order valence-corrected chi connectivity index (χ4v) is 8.04. The Morgan fingerprint density at radius 2 is 1.65 bits per heavy atom. The molecule has 4 atom stereocenters. The van der Waals surface area contributed by atoms with Gasteiger partial charge in [0.05, 0.1) is 43.9 Å². The van der Waals surface area contributed by atoms with Crippen LogP contribution in [0.5, 0.6) is 5.75 Å². The third-order valence-corrected chi connectivity index (χ3v) is 11.0. The van der Waals surface area contributed by atoms with Gasteiger partial charge in [-0.05, 0) is 92.1 Å². The summed E-state index contributed by atoms with van der Waals surface area (Å²) in [5, 5.41) is 0. The van der Waals surface area contributed by atoms with E-state index < -0.39 is 17.2 Å². The lowest BCUT2D eigenvalue weighted by Crippen LogP contribution is -2.46.